The van der Waals surface area contributed by atoms with Gasteiger partial charge >= 0.3 is 0 Å². The number of para-hydroxylation sites is 1. The first-order chi connectivity index (χ1) is 10.9. The van der Waals surface area contributed by atoms with Crippen LogP contribution in [0.15, 0.2) is 46.9 Å². The Morgan fingerprint density at radius 2 is 1.70 bits per heavy atom. The van der Waals surface area contributed by atoms with Gasteiger partial charge in [-0.2, -0.15) is 0 Å². The van der Waals surface area contributed by atoms with Crippen molar-refractivity contribution in [2.45, 2.75) is 13.8 Å². The van der Waals surface area contributed by atoms with Crippen LogP contribution in [0.4, 0.5) is 11.4 Å². The Balaban J connectivity index is 2.21. The number of hydrogen-bond acceptors (Lipinski definition) is 3. The molecule has 0 heterocycles. The molecule has 2 amide bonds. The Labute approximate surface area is 142 Å². The Hall–Kier alpha value is -2.47. The van der Waals surface area contributed by atoms with Crippen molar-refractivity contribution in [2.75, 3.05) is 10.6 Å². The summed E-state index contributed by atoms with van der Waals surface area (Å²) in [7, 11) is 0. The molecular formula is C17H15BrN2O3. The highest BCUT2D eigenvalue weighted by Gasteiger charge is 2.20. The van der Waals surface area contributed by atoms with Gasteiger partial charge in [0.25, 0.3) is 11.7 Å². The van der Waals surface area contributed by atoms with Crippen LogP contribution in [0, 0.1) is 6.92 Å². The lowest BCUT2D eigenvalue weighted by molar-refractivity contribution is -0.114. The molecule has 0 saturated carbocycles. The van der Waals surface area contributed by atoms with Crippen LogP contribution in [0.2, 0.25) is 0 Å². The Bertz CT molecular complexity index is 787. The molecular weight excluding hydrogens is 360 g/mol. The standard InChI is InChI=1S/C17H15BrN2O3/c1-10-7-8-12(9-14(10)18)20-17(23)16(22)13-5-3-4-6-15(13)19-11(2)21/h3-9H,1-2H3,(H,19,21)(H,20,23). The quantitative estimate of drug-likeness (QED) is 0.634. The van der Waals surface area contributed by atoms with Gasteiger partial charge in [-0.15, -0.1) is 0 Å². The number of aryl methyl sites for hydroxylation is 1. The zero-order valence-electron chi connectivity index (χ0n) is 12.6. The number of benzene rings is 2. The van der Waals surface area contributed by atoms with E-state index in [1.54, 1.807) is 30.3 Å². The first-order valence-electron chi connectivity index (χ1n) is 6.87. The summed E-state index contributed by atoms with van der Waals surface area (Å²) in [4.78, 5) is 35.7. The van der Waals surface area contributed by atoms with Gasteiger partial charge in [0, 0.05) is 17.1 Å². The van der Waals surface area contributed by atoms with Crippen molar-refractivity contribution in [3.8, 4) is 0 Å². The monoisotopic (exact) mass is 374 g/mol. The average Bonchev–Trinajstić information content (AvgIpc) is 2.50. The average molecular weight is 375 g/mol. The number of amides is 2. The van der Waals surface area contributed by atoms with Crippen LogP contribution in [0.1, 0.15) is 22.8 Å². The van der Waals surface area contributed by atoms with Gasteiger partial charge in [-0.05, 0) is 36.8 Å². The highest BCUT2D eigenvalue weighted by Crippen LogP contribution is 2.21. The first-order valence-corrected chi connectivity index (χ1v) is 7.66. The molecule has 118 valence electrons. The molecule has 5 nitrogen and oxygen atoms in total. The predicted octanol–water partition coefficient (Wildman–Crippen LogP) is 3.54. The van der Waals surface area contributed by atoms with Crippen molar-refractivity contribution in [1.82, 2.24) is 0 Å². The van der Waals surface area contributed by atoms with Gasteiger partial charge in [-0.25, -0.2) is 0 Å². The molecule has 0 radical (unpaired) electrons. The largest absolute Gasteiger partial charge is 0.326 e. The summed E-state index contributed by atoms with van der Waals surface area (Å²) in [5.74, 6) is -1.79. The van der Waals surface area contributed by atoms with E-state index in [2.05, 4.69) is 26.6 Å². The van der Waals surface area contributed by atoms with Crippen molar-refractivity contribution < 1.29 is 14.4 Å². The maximum Gasteiger partial charge on any atom is 0.296 e. The van der Waals surface area contributed by atoms with E-state index in [9.17, 15) is 14.4 Å². The fourth-order valence-corrected chi connectivity index (χ4v) is 2.34. The van der Waals surface area contributed by atoms with E-state index >= 15 is 0 Å². The molecule has 2 aromatic rings. The molecule has 0 aliphatic carbocycles. The fourth-order valence-electron chi connectivity index (χ4n) is 1.96. The van der Waals surface area contributed by atoms with Gasteiger partial charge in [0.05, 0.1) is 11.3 Å². The van der Waals surface area contributed by atoms with Gasteiger partial charge in [-0.1, -0.05) is 34.1 Å². The van der Waals surface area contributed by atoms with Crippen molar-refractivity contribution >= 4 is 44.9 Å². The third kappa shape index (κ3) is 4.26. The van der Waals surface area contributed by atoms with E-state index in [1.807, 2.05) is 13.0 Å². The number of Topliss-reactive ketones (excluding diaryl/α,β-unsaturated/α-hetero) is 1. The maximum atomic E-state index is 12.3. The number of anilines is 2. The topological polar surface area (TPSA) is 75.3 Å². The molecule has 2 aromatic carbocycles. The van der Waals surface area contributed by atoms with Crippen molar-refractivity contribution in [3.05, 3.63) is 58.1 Å². The highest BCUT2D eigenvalue weighted by atomic mass is 79.9. The number of rotatable bonds is 4. The van der Waals surface area contributed by atoms with Gasteiger partial charge in [0.1, 0.15) is 0 Å². The summed E-state index contributed by atoms with van der Waals surface area (Å²) in [5.41, 5.74) is 1.99. The van der Waals surface area contributed by atoms with Crippen LogP contribution >= 0.6 is 15.9 Å². The van der Waals surface area contributed by atoms with Crippen LogP contribution in [-0.4, -0.2) is 17.6 Å². The van der Waals surface area contributed by atoms with Crippen LogP contribution in [0.5, 0.6) is 0 Å². The van der Waals surface area contributed by atoms with E-state index in [1.165, 1.54) is 13.0 Å². The van der Waals surface area contributed by atoms with Crippen molar-refractivity contribution in [2.24, 2.45) is 0 Å². The molecule has 0 aliphatic heterocycles. The molecule has 0 saturated heterocycles. The van der Waals surface area contributed by atoms with Gasteiger partial charge in [-0.3, -0.25) is 14.4 Å². The van der Waals surface area contributed by atoms with E-state index in [4.69, 9.17) is 0 Å². The first kappa shape index (κ1) is 16.9. The zero-order valence-corrected chi connectivity index (χ0v) is 14.2. The lowest BCUT2D eigenvalue weighted by atomic mass is 10.1. The molecule has 0 unspecified atom stereocenters. The number of ketones is 1. The van der Waals surface area contributed by atoms with Crippen molar-refractivity contribution in [3.63, 3.8) is 0 Å². The SMILES string of the molecule is CC(=O)Nc1ccccc1C(=O)C(=O)Nc1ccc(C)c(Br)c1. The normalized spacial score (nSPS) is 10.0. The van der Waals surface area contributed by atoms with E-state index in [0.717, 1.165) is 10.0 Å². The maximum absolute atomic E-state index is 12.3. The van der Waals surface area contributed by atoms with E-state index < -0.39 is 11.7 Å². The summed E-state index contributed by atoms with van der Waals surface area (Å²) in [6.07, 6.45) is 0. The minimum Gasteiger partial charge on any atom is -0.326 e. The Kier molecular flexibility index (Phi) is 5.28. The minimum absolute atomic E-state index is 0.145. The summed E-state index contributed by atoms with van der Waals surface area (Å²) >= 11 is 3.37. The van der Waals surface area contributed by atoms with E-state index in [-0.39, 0.29) is 11.5 Å². The van der Waals surface area contributed by atoms with Gasteiger partial charge in [0.15, 0.2) is 0 Å². The summed E-state index contributed by atoms with van der Waals surface area (Å²) in [6, 6.07) is 11.6. The third-order valence-corrected chi connectivity index (χ3v) is 3.97. The van der Waals surface area contributed by atoms with Gasteiger partial charge in [0.2, 0.25) is 5.91 Å². The summed E-state index contributed by atoms with van der Waals surface area (Å²) < 4.78 is 0.835. The number of halogens is 1. The number of hydrogen-bond donors (Lipinski definition) is 2. The molecule has 0 atom stereocenters. The van der Waals surface area contributed by atoms with E-state index in [0.29, 0.717) is 11.4 Å². The van der Waals surface area contributed by atoms with Crippen LogP contribution in [0.25, 0.3) is 0 Å². The summed E-state index contributed by atoms with van der Waals surface area (Å²) in [5, 5.41) is 5.10. The number of nitrogens with one attached hydrogen (secondary N) is 2. The fraction of sp³-hybridized carbons (Fsp3) is 0.118. The molecule has 0 bridgehead atoms. The second-order valence-electron chi connectivity index (χ2n) is 4.97. The molecule has 23 heavy (non-hydrogen) atoms. The molecule has 2 rings (SSSR count). The molecule has 0 spiro atoms. The second kappa shape index (κ2) is 7.19. The minimum atomic E-state index is -0.765. The predicted molar refractivity (Wildman–Crippen MR) is 92.6 cm³/mol. The smallest absolute Gasteiger partial charge is 0.296 e. The summed E-state index contributed by atoms with van der Waals surface area (Å²) in [6.45, 7) is 3.26. The number of carbonyl (C=O) groups excluding carboxylic acids is 3. The van der Waals surface area contributed by atoms with Crippen LogP contribution < -0.4 is 10.6 Å². The Morgan fingerprint density at radius 1 is 1.00 bits per heavy atom. The molecule has 6 heteroatoms. The molecule has 0 aliphatic rings. The zero-order chi connectivity index (χ0) is 17.0. The van der Waals surface area contributed by atoms with Crippen LogP contribution in [-0.2, 0) is 9.59 Å². The lowest BCUT2D eigenvalue weighted by Gasteiger charge is -2.10. The second-order valence-corrected chi connectivity index (χ2v) is 5.83. The Morgan fingerprint density at radius 3 is 2.35 bits per heavy atom. The lowest BCUT2D eigenvalue weighted by Crippen LogP contribution is -2.24. The molecule has 0 aromatic heterocycles. The third-order valence-electron chi connectivity index (χ3n) is 3.12. The van der Waals surface area contributed by atoms with Crippen molar-refractivity contribution in [1.29, 1.82) is 0 Å². The number of carbonyl (C=O) groups is 3. The molecule has 2 N–H and O–H groups in total. The highest BCUT2D eigenvalue weighted by molar-refractivity contribution is 9.10. The molecule has 0 fully saturated rings. The van der Waals surface area contributed by atoms with Crippen LogP contribution in [0.3, 0.4) is 0 Å². The van der Waals surface area contributed by atoms with Gasteiger partial charge < -0.3 is 10.6 Å².